The maximum Gasteiger partial charge on any atom is 0.700 e. The minimum Gasteiger partial charge on any atom is -0.314 e. The van der Waals surface area contributed by atoms with Crippen molar-refractivity contribution in [3.63, 3.8) is 0 Å². The van der Waals surface area contributed by atoms with E-state index >= 15 is 0 Å². The monoisotopic (exact) mass is 449 g/mol. The summed E-state index contributed by atoms with van der Waals surface area (Å²) in [5.41, 5.74) is 0. The highest BCUT2D eigenvalue weighted by Gasteiger charge is 2.24. The van der Waals surface area contributed by atoms with Crippen LogP contribution in [0.2, 0.25) is 0 Å². The molecule has 0 bridgehead atoms. The fourth-order valence-corrected chi connectivity index (χ4v) is 3.77. The van der Waals surface area contributed by atoms with Gasteiger partial charge < -0.3 is 31.9 Å². The molecule has 30 heavy (non-hydrogen) atoms. The van der Waals surface area contributed by atoms with Gasteiger partial charge >= 0.3 is 8.25 Å². The summed E-state index contributed by atoms with van der Waals surface area (Å²) in [6, 6.07) is 0. The molecule has 2 aliphatic heterocycles. The lowest BCUT2D eigenvalue weighted by Crippen LogP contribution is -2.42. The van der Waals surface area contributed by atoms with E-state index in [9.17, 15) is 4.57 Å². The van der Waals surface area contributed by atoms with Gasteiger partial charge in [0.2, 0.25) is 0 Å². The minimum absolute atomic E-state index is 0.312. The normalized spacial score (nSPS) is 23.5. The van der Waals surface area contributed by atoms with Crippen LogP contribution in [0.1, 0.15) is 0 Å². The van der Waals surface area contributed by atoms with Gasteiger partial charge in [0.25, 0.3) is 0 Å². The van der Waals surface area contributed by atoms with Crippen LogP contribution in [0.15, 0.2) is 0 Å². The largest absolute Gasteiger partial charge is 0.700 e. The van der Waals surface area contributed by atoms with Gasteiger partial charge in [-0.15, -0.1) is 9.05 Å². The predicted octanol–water partition coefficient (Wildman–Crippen LogP) is -2.24. The zero-order valence-corrected chi connectivity index (χ0v) is 19.2. The molecule has 0 radical (unpaired) electrons. The number of hydrogen-bond acceptors (Lipinski definition) is 11. The molecule has 6 N–H and O–H groups in total. The summed E-state index contributed by atoms with van der Waals surface area (Å²) in [6.45, 7) is 15.2. The maximum atomic E-state index is 12.3. The van der Waals surface area contributed by atoms with E-state index in [2.05, 4.69) is 41.7 Å². The summed E-state index contributed by atoms with van der Waals surface area (Å²) in [5, 5.41) is 20.4. The Balaban J connectivity index is 1.64. The molecule has 0 saturated carbocycles. The van der Waals surface area contributed by atoms with E-state index in [4.69, 9.17) is 9.05 Å². The molecular weight excluding hydrogens is 407 g/mol. The Morgan fingerprint density at radius 2 is 0.767 bits per heavy atom. The first-order valence-electron chi connectivity index (χ1n) is 11.3. The van der Waals surface area contributed by atoms with Gasteiger partial charge in [0, 0.05) is 109 Å². The molecule has 0 spiro atoms. The van der Waals surface area contributed by atoms with Gasteiger partial charge in [-0.25, -0.2) is 0 Å². The van der Waals surface area contributed by atoms with Gasteiger partial charge in [-0.05, 0) is 0 Å². The molecule has 0 aromatic rings. The first-order chi connectivity index (χ1) is 14.8. The Labute approximate surface area is 182 Å². The molecule has 0 aromatic carbocycles. The van der Waals surface area contributed by atoms with Crippen molar-refractivity contribution in [1.29, 1.82) is 0 Å². The van der Waals surface area contributed by atoms with Crippen LogP contribution in [0, 0.1) is 0 Å². The van der Waals surface area contributed by atoms with Gasteiger partial charge in [-0.1, -0.05) is 0 Å². The van der Waals surface area contributed by atoms with Crippen LogP contribution < -0.4 is 31.9 Å². The molecule has 2 rings (SSSR count). The third-order valence-corrected chi connectivity index (χ3v) is 5.68. The van der Waals surface area contributed by atoms with Crippen LogP contribution >= 0.6 is 8.25 Å². The average molecular weight is 450 g/mol. The van der Waals surface area contributed by atoms with E-state index in [0.717, 1.165) is 105 Å². The van der Waals surface area contributed by atoms with Crippen molar-refractivity contribution in [3.05, 3.63) is 0 Å². The van der Waals surface area contributed by atoms with Gasteiger partial charge in [0.05, 0.1) is 0 Å². The van der Waals surface area contributed by atoms with Crippen LogP contribution in [0.25, 0.3) is 0 Å². The van der Waals surface area contributed by atoms with Crippen LogP contribution in [0.5, 0.6) is 0 Å². The van der Waals surface area contributed by atoms with Crippen LogP contribution in [0.4, 0.5) is 0 Å². The second-order valence-corrected chi connectivity index (χ2v) is 8.44. The lowest BCUT2D eigenvalue weighted by Gasteiger charge is -2.21. The average Bonchev–Trinajstić information content (AvgIpc) is 2.73. The molecular formula is C18H42N8O3P+. The van der Waals surface area contributed by atoms with Crippen LogP contribution in [-0.2, 0) is 13.6 Å². The van der Waals surface area contributed by atoms with Crippen molar-refractivity contribution in [2.75, 3.05) is 118 Å². The zero-order chi connectivity index (χ0) is 21.1. The van der Waals surface area contributed by atoms with Crippen molar-refractivity contribution in [2.24, 2.45) is 0 Å². The highest BCUT2D eigenvalue weighted by molar-refractivity contribution is 7.33. The van der Waals surface area contributed by atoms with E-state index in [1.807, 2.05) is 0 Å². The molecule has 0 aliphatic carbocycles. The van der Waals surface area contributed by atoms with Gasteiger partial charge in [-0.2, -0.15) is 0 Å². The summed E-state index contributed by atoms with van der Waals surface area (Å²) in [6.07, 6.45) is 0. The van der Waals surface area contributed by atoms with Crippen molar-refractivity contribution in [3.8, 4) is 0 Å². The van der Waals surface area contributed by atoms with Crippen LogP contribution in [-0.4, -0.2) is 128 Å². The number of rotatable bonds is 6. The van der Waals surface area contributed by atoms with Crippen molar-refractivity contribution < 1.29 is 13.6 Å². The third kappa shape index (κ3) is 13.9. The van der Waals surface area contributed by atoms with Gasteiger partial charge in [0.1, 0.15) is 0 Å². The molecule has 176 valence electrons. The SMILES string of the molecule is O=[P+](OCN1CCNCCNCCNCC1)OCN1CCNCCNCCNCC1. The van der Waals surface area contributed by atoms with Gasteiger partial charge in [-0.3, -0.25) is 9.80 Å². The topological polar surface area (TPSA) is 114 Å². The zero-order valence-electron chi connectivity index (χ0n) is 18.3. The van der Waals surface area contributed by atoms with Crippen molar-refractivity contribution >= 4 is 8.25 Å². The Bertz CT molecular complexity index is 378. The standard InChI is InChI=1S/C18H42N8O3P/c27-30(28-17-25-13-9-21-5-1-19-2-6-22-10-14-25)29-18-26-15-11-23-7-3-20-4-8-24-12-16-26/h19-24H,1-18H2/q+1. The number of nitrogens with one attached hydrogen (secondary N) is 6. The lowest BCUT2D eigenvalue weighted by atomic mass is 10.4. The predicted molar refractivity (Wildman–Crippen MR) is 120 cm³/mol. The summed E-state index contributed by atoms with van der Waals surface area (Å²) in [4.78, 5) is 4.31. The molecule has 2 heterocycles. The fourth-order valence-electron chi connectivity index (χ4n) is 3.18. The number of nitrogens with zero attached hydrogens (tertiary/aromatic N) is 2. The molecule has 2 fully saturated rings. The molecule has 0 unspecified atom stereocenters. The molecule has 0 amide bonds. The van der Waals surface area contributed by atoms with Gasteiger partial charge in [0.15, 0.2) is 13.5 Å². The highest BCUT2D eigenvalue weighted by Crippen LogP contribution is 2.23. The fraction of sp³-hybridized carbons (Fsp3) is 1.00. The lowest BCUT2D eigenvalue weighted by molar-refractivity contribution is 0.0814. The summed E-state index contributed by atoms with van der Waals surface area (Å²) in [5.74, 6) is 0. The van der Waals surface area contributed by atoms with E-state index in [1.54, 1.807) is 0 Å². The van der Waals surface area contributed by atoms with E-state index in [-0.39, 0.29) is 0 Å². The molecule has 2 aliphatic rings. The summed E-state index contributed by atoms with van der Waals surface area (Å²) >= 11 is 0. The third-order valence-electron chi connectivity index (χ3n) is 5.02. The minimum atomic E-state index is -2.14. The maximum absolute atomic E-state index is 12.3. The molecule has 0 aromatic heterocycles. The van der Waals surface area contributed by atoms with Crippen molar-refractivity contribution in [2.45, 2.75) is 0 Å². The molecule has 2 saturated heterocycles. The summed E-state index contributed by atoms with van der Waals surface area (Å²) < 4.78 is 23.3. The second-order valence-electron chi connectivity index (χ2n) is 7.48. The highest BCUT2D eigenvalue weighted by atomic mass is 31.1. The summed E-state index contributed by atoms with van der Waals surface area (Å²) in [7, 11) is -2.14. The first-order valence-corrected chi connectivity index (χ1v) is 12.4. The second kappa shape index (κ2) is 18.3. The van der Waals surface area contributed by atoms with E-state index in [1.165, 1.54) is 0 Å². The van der Waals surface area contributed by atoms with Crippen molar-refractivity contribution in [1.82, 2.24) is 41.7 Å². The smallest absolute Gasteiger partial charge is 0.314 e. The Morgan fingerprint density at radius 3 is 1.07 bits per heavy atom. The Hall–Kier alpha value is -0.300. The van der Waals surface area contributed by atoms with E-state index in [0.29, 0.717) is 13.5 Å². The molecule has 0 atom stereocenters. The first kappa shape index (κ1) is 26.0. The number of hydrogen-bond donors (Lipinski definition) is 6. The Kier molecular flexibility index (Phi) is 15.8. The quantitative estimate of drug-likeness (QED) is 0.248. The van der Waals surface area contributed by atoms with E-state index < -0.39 is 8.25 Å². The molecule has 11 nitrogen and oxygen atoms in total. The molecule has 12 heteroatoms. The van der Waals surface area contributed by atoms with Crippen LogP contribution in [0.3, 0.4) is 0 Å². The Morgan fingerprint density at radius 1 is 0.500 bits per heavy atom.